The first-order valence-electron chi connectivity index (χ1n) is 10.8. The Kier molecular flexibility index (Phi) is 13.5. The van der Waals surface area contributed by atoms with Crippen molar-refractivity contribution < 1.29 is 33.2 Å². The molecule has 174 valence electrons. The maximum atomic E-state index is 6.27. The molecule has 0 radical (unpaired) electrons. The van der Waals surface area contributed by atoms with Crippen LogP contribution in [0, 0.1) is 10.8 Å². The molecule has 0 aromatic rings. The Morgan fingerprint density at radius 2 is 0.586 bits per heavy atom. The van der Waals surface area contributed by atoms with E-state index in [0.717, 1.165) is 0 Å². The minimum Gasteiger partial charge on any atom is -0.377 e. The molecule has 1 fully saturated rings. The van der Waals surface area contributed by atoms with Crippen LogP contribution in [0.15, 0.2) is 0 Å². The number of hydrogen-bond donors (Lipinski definition) is 0. The molecule has 2 atom stereocenters. The smallest absolute Gasteiger partial charge is 0.0891 e. The molecule has 0 saturated carbocycles. The molecule has 1 aliphatic heterocycles. The van der Waals surface area contributed by atoms with Gasteiger partial charge in [0.2, 0.25) is 0 Å². The van der Waals surface area contributed by atoms with Gasteiger partial charge < -0.3 is 33.2 Å². The van der Waals surface area contributed by atoms with Crippen molar-refractivity contribution >= 4 is 0 Å². The van der Waals surface area contributed by atoms with E-state index < -0.39 is 0 Å². The van der Waals surface area contributed by atoms with Crippen LogP contribution in [0.5, 0.6) is 0 Å². The summed E-state index contributed by atoms with van der Waals surface area (Å²) in [6.07, 6.45) is -0.117. The van der Waals surface area contributed by atoms with E-state index in [-0.39, 0.29) is 23.0 Å². The highest BCUT2D eigenvalue weighted by molar-refractivity contribution is 4.89. The van der Waals surface area contributed by atoms with Crippen molar-refractivity contribution in [2.24, 2.45) is 10.8 Å². The fraction of sp³-hybridized carbons (Fsp3) is 1.00. The zero-order valence-electron chi connectivity index (χ0n) is 19.5. The largest absolute Gasteiger partial charge is 0.377 e. The van der Waals surface area contributed by atoms with Crippen LogP contribution >= 0.6 is 0 Å². The molecule has 0 spiro atoms. The van der Waals surface area contributed by atoms with Gasteiger partial charge in [-0.3, -0.25) is 0 Å². The molecule has 0 amide bonds. The molecule has 0 aromatic heterocycles. The molecule has 0 aromatic carbocycles. The van der Waals surface area contributed by atoms with E-state index in [9.17, 15) is 0 Å². The second kappa shape index (κ2) is 14.7. The average Bonchev–Trinajstić information content (AvgIpc) is 2.61. The lowest BCUT2D eigenvalue weighted by Gasteiger charge is -2.43. The fourth-order valence-corrected chi connectivity index (χ4v) is 3.03. The summed E-state index contributed by atoms with van der Waals surface area (Å²) in [4.78, 5) is 0. The second-order valence-corrected chi connectivity index (χ2v) is 9.38. The van der Waals surface area contributed by atoms with E-state index in [2.05, 4.69) is 41.5 Å². The summed E-state index contributed by atoms with van der Waals surface area (Å²) in [6, 6.07) is 0. The Balaban J connectivity index is 2.62. The lowest BCUT2D eigenvalue weighted by molar-refractivity contribution is -0.164. The van der Waals surface area contributed by atoms with Crippen molar-refractivity contribution in [1.29, 1.82) is 0 Å². The van der Waals surface area contributed by atoms with Gasteiger partial charge in [0, 0.05) is 0 Å². The zero-order chi connectivity index (χ0) is 21.6. The van der Waals surface area contributed by atoms with E-state index >= 15 is 0 Å². The number of ether oxygens (including phenoxy) is 7. The van der Waals surface area contributed by atoms with Gasteiger partial charge in [-0.2, -0.15) is 0 Å². The third-order valence-electron chi connectivity index (χ3n) is 4.52. The van der Waals surface area contributed by atoms with Crippen LogP contribution < -0.4 is 0 Å². The van der Waals surface area contributed by atoms with Gasteiger partial charge >= 0.3 is 0 Å². The van der Waals surface area contributed by atoms with Crippen molar-refractivity contribution in [2.75, 3.05) is 79.3 Å². The molecule has 1 aliphatic rings. The Hall–Kier alpha value is -0.280. The maximum Gasteiger partial charge on any atom is 0.0891 e. The van der Waals surface area contributed by atoms with Crippen LogP contribution in [-0.2, 0) is 33.2 Å². The minimum atomic E-state index is -0.0645. The lowest BCUT2D eigenvalue weighted by Crippen LogP contribution is -2.49. The first-order valence-corrected chi connectivity index (χ1v) is 10.8. The average molecular weight is 421 g/mol. The van der Waals surface area contributed by atoms with E-state index in [1.54, 1.807) is 0 Å². The fourth-order valence-electron chi connectivity index (χ4n) is 3.03. The van der Waals surface area contributed by atoms with Gasteiger partial charge in [-0.1, -0.05) is 41.5 Å². The molecule has 1 rings (SSSR count). The van der Waals surface area contributed by atoms with E-state index in [0.29, 0.717) is 79.3 Å². The van der Waals surface area contributed by atoms with Gasteiger partial charge in [-0.25, -0.2) is 0 Å². The van der Waals surface area contributed by atoms with Crippen molar-refractivity contribution in [1.82, 2.24) is 0 Å². The molecule has 7 heteroatoms. The van der Waals surface area contributed by atoms with Gasteiger partial charge in [0.1, 0.15) is 0 Å². The third kappa shape index (κ3) is 12.9. The Morgan fingerprint density at radius 1 is 0.379 bits per heavy atom. The topological polar surface area (TPSA) is 64.6 Å². The van der Waals surface area contributed by atoms with Crippen molar-refractivity contribution in [3.8, 4) is 0 Å². The summed E-state index contributed by atoms with van der Waals surface area (Å²) >= 11 is 0. The van der Waals surface area contributed by atoms with E-state index in [1.165, 1.54) is 0 Å². The highest BCUT2D eigenvalue weighted by Crippen LogP contribution is 2.35. The quantitative estimate of drug-likeness (QED) is 0.597. The molecular weight excluding hydrogens is 376 g/mol. The summed E-state index contributed by atoms with van der Waals surface area (Å²) < 4.78 is 40.3. The first-order chi connectivity index (χ1) is 13.7. The van der Waals surface area contributed by atoms with Crippen molar-refractivity contribution in [3.05, 3.63) is 0 Å². The minimum absolute atomic E-state index is 0.0584. The van der Waals surface area contributed by atoms with E-state index in [1.807, 2.05) is 0 Å². The van der Waals surface area contributed by atoms with Gasteiger partial charge in [-0.15, -0.1) is 0 Å². The Bertz CT molecular complexity index is 354. The van der Waals surface area contributed by atoms with Gasteiger partial charge in [0.05, 0.1) is 91.5 Å². The predicted octanol–water partition coefficient (Wildman–Crippen LogP) is 2.95. The third-order valence-corrected chi connectivity index (χ3v) is 4.52. The molecule has 0 aliphatic carbocycles. The lowest BCUT2D eigenvalue weighted by atomic mass is 9.76. The Labute approximate surface area is 177 Å². The van der Waals surface area contributed by atoms with Crippen LogP contribution in [0.1, 0.15) is 41.5 Å². The van der Waals surface area contributed by atoms with Crippen LogP contribution in [-0.4, -0.2) is 91.5 Å². The van der Waals surface area contributed by atoms with Gasteiger partial charge in [0.15, 0.2) is 0 Å². The summed E-state index contributed by atoms with van der Waals surface area (Å²) in [7, 11) is 0. The second-order valence-electron chi connectivity index (χ2n) is 9.38. The maximum absolute atomic E-state index is 6.27. The molecule has 1 saturated heterocycles. The van der Waals surface area contributed by atoms with Gasteiger partial charge in [-0.05, 0) is 10.8 Å². The molecule has 0 N–H and O–H groups in total. The number of rotatable bonds is 0. The monoisotopic (exact) mass is 420 g/mol. The number of hydrogen-bond acceptors (Lipinski definition) is 7. The zero-order valence-corrected chi connectivity index (χ0v) is 19.5. The molecule has 2 unspecified atom stereocenters. The first kappa shape index (κ1) is 26.8. The molecule has 0 bridgehead atoms. The summed E-state index contributed by atoms with van der Waals surface area (Å²) in [5.41, 5.74) is -0.129. The standard InChI is InChI=1S/C22H44O7/c1-21(2,3)19-20(22(4,5)6)29-18-16-27-14-12-25-10-8-23-7-9-24-11-13-26-15-17-28-19/h19-20H,7-18H2,1-6H3. The van der Waals surface area contributed by atoms with Crippen LogP contribution in [0.3, 0.4) is 0 Å². The van der Waals surface area contributed by atoms with Gasteiger partial charge in [0.25, 0.3) is 0 Å². The van der Waals surface area contributed by atoms with Crippen molar-refractivity contribution in [3.63, 3.8) is 0 Å². The van der Waals surface area contributed by atoms with E-state index in [4.69, 9.17) is 33.2 Å². The summed E-state index contributed by atoms with van der Waals surface area (Å²) in [5.74, 6) is 0. The van der Waals surface area contributed by atoms with Crippen LogP contribution in [0.25, 0.3) is 0 Å². The Morgan fingerprint density at radius 3 is 0.793 bits per heavy atom. The highest BCUT2D eigenvalue weighted by atomic mass is 16.6. The molecule has 7 nitrogen and oxygen atoms in total. The predicted molar refractivity (Wildman–Crippen MR) is 112 cm³/mol. The summed E-state index contributed by atoms with van der Waals surface area (Å²) in [5, 5.41) is 0. The van der Waals surface area contributed by atoms with Crippen molar-refractivity contribution in [2.45, 2.75) is 53.8 Å². The highest BCUT2D eigenvalue weighted by Gasteiger charge is 2.40. The van der Waals surface area contributed by atoms with Crippen LogP contribution in [0.2, 0.25) is 0 Å². The van der Waals surface area contributed by atoms with Crippen LogP contribution in [0.4, 0.5) is 0 Å². The SMILES string of the molecule is CC(C)(C)C1OCCOCCOCCOCCOCCOCCOC1C(C)(C)C. The normalized spacial score (nSPS) is 27.1. The molecule has 29 heavy (non-hydrogen) atoms. The summed E-state index contributed by atoms with van der Waals surface area (Å²) in [6.45, 7) is 19.6. The molecular formula is C22H44O7. The molecule has 1 heterocycles.